The van der Waals surface area contributed by atoms with Crippen LogP contribution in [0.3, 0.4) is 0 Å². The Bertz CT molecular complexity index is 1300. The van der Waals surface area contributed by atoms with Gasteiger partial charge in [0.05, 0.1) is 23.0 Å². The molecule has 1 N–H and O–H groups in total. The Morgan fingerprint density at radius 3 is 2.42 bits per heavy atom. The molecule has 1 aromatic carbocycles. The van der Waals surface area contributed by atoms with Crippen LogP contribution in [-0.4, -0.2) is 25.7 Å². The molecule has 7 nitrogen and oxygen atoms in total. The molecule has 4 aromatic rings. The second-order valence-electron chi connectivity index (χ2n) is 8.39. The molecule has 0 bridgehead atoms. The first-order valence-electron chi connectivity index (χ1n) is 11.2. The Morgan fingerprint density at radius 2 is 1.81 bits per heavy atom. The number of carbonyl (C=O) groups excluding carboxylic acids is 1. The van der Waals surface area contributed by atoms with E-state index in [1.807, 2.05) is 50.2 Å². The van der Waals surface area contributed by atoms with Crippen LogP contribution in [0.1, 0.15) is 52.5 Å². The number of aromatic nitrogens is 4. The summed E-state index contributed by atoms with van der Waals surface area (Å²) in [6.07, 6.45) is 1.12. The highest BCUT2D eigenvalue weighted by molar-refractivity contribution is 5.95. The molecule has 3 aromatic heterocycles. The highest BCUT2D eigenvalue weighted by Gasteiger charge is 2.31. The minimum atomic E-state index is -4.48. The van der Waals surface area contributed by atoms with Gasteiger partial charge in [0.1, 0.15) is 12.4 Å². The summed E-state index contributed by atoms with van der Waals surface area (Å²) in [5.74, 6) is 0.427. The number of hydrogen-bond donors (Lipinski definition) is 1. The van der Waals surface area contributed by atoms with E-state index in [-0.39, 0.29) is 24.2 Å². The molecule has 10 heteroatoms. The van der Waals surface area contributed by atoms with E-state index in [4.69, 9.17) is 4.74 Å². The van der Waals surface area contributed by atoms with E-state index in [2.05, 4.69) is 20.4 Å². The number of halogens is 3. The van der Waals surface area contributed by atoms with Crippen LogP contribution < -0.4 is 10.1 Å². The fourth-order valence-corrected chi connectivity index (χ4v) is 3.58. The number of alkyl halides is 3. The first-order valence-corrected chi connectivity index (χ1v) is 11.2. The molecule has 0 unspecified atom stereocenters. The summed E-state index contributed by atoms with van der Waals surface area (Å²) in [5.41, 5.74) is 1.87. The Morgan fingerprint density at radius 1 is 1.03 bits per heavy atom. The van der Waals surface area contributed by atoms with Gasteiger partial charge in [-0.3, -0.25) is 9.78 Å². The van der Waals surface area contributed by atoms with Gasteiger partial charge in [0.25, 0.3) is 5.91 Å². The van der Waals surface area contributed by atoms with Crippen molar-refractivity contribution in [2.24, 2.45) is 0 Å². The van der Waals surface area contributed by atoms with Gasteiger partial charge >= 0.3 is 6.18 Å². The van der Waals surface area contributed by atoms with Crippen LogP contribution >= 0.6 is 0 Å². The van der Waals surface area contributed by atoms with Crippen molar-refractivity contribution >= 4 is 5.91 Å². The molecule has 0 aliphatic carbocycles. The first kappa shape index (κ1) is 24.9. The molecule has 0 radical (unpaired) electrons. The minimum Gasteiger partial charge on any atom is -0.489 e. The summed E-state index contributed by atoms with van der Waals surface area (Å²) in [6, 6.07) is 13.3. The van der Waals surface area contributed by atoms with Crippen molar-refractivity contribution in [1.82, 2.24) is 25.1 Å². The first-order chi connectivity index (χ1) is 17.2. The average Bonchev–Trinajstić information content (AvgIpc) is 3.33. The minimum absolute atomic E-state index is 0.131. The Kier molecular flexibility index (Phi) is 7.33. The molecule has 36 heavy (non-hydrogen) atoms. The molecule has 0 atom stereocenters. The van der Waals surface area contributed by atoms with Gasteiger partial charge in [-0.15, -0.1) is 0 Å². The van der Waals surface area contributed by atoms with Crippen molar-refractivity contribution in [2.45, 2.75) is 39.1 Å². The van der Waals surface area contributed by atoms with Crippen LogP contribution in [0, 0.1) is 0 Å². The second-order valence-corrected chi connectivity index (χ2v) is 8.39. The highest BCUT2D eigenvalue weighted by atomic mass is 19.4. The van der Waals surface area contributed by atoms with E-state index in [9.17, 15) is 18.0 Å². The molecule has 0 aliphatic rings. The molecule has 3 heterocycles. The van der Waals surface area contributed by atoms with Gasteiger partial charge in [-0.2, -0.15) is 18.3 Å². The van der Waals surface area contributed by atoms with Gasteiger partial charge in [-0.1, -0.05) is 32.0 Å². The summed E-state index contributed by atoms with van der Waals surface area (Å²) < 4.78 is 45.8. The third-order valence-corrected chi connectivity index (χ3v) is 5.39. The maximum absolute atomic E-state index is 12.9. The average molecular weight is 496 g/mol. The van der Waals surface area contributed by atoms with E-state index >= 15 is 0 Å². The third kappa shape index (κ3) is 5.88. The normalized spacial score (nSPS) is 11.5. The molecule has 0 fully saturated rings. The van der Waals surface area contributed by atoms with Gasteiger partial charge in [0, 0.05) is 30.7 Å². The molecule has 0 aliphatic heterocycles. The molecule has 186 valence electrons. The van der Waals surface area contributed by atoms with E-state index in [1.165, 1.54) is 16.9 Å². The Balaban J connectivity index is 1.41. The number of hydrogen-bond acceptors (Lipinski definition) is 5. The van der Waals surface area contributed by atoms with Gasteiger partial charge in [0.2, 0.25) is 0 Å². The largest absolute Gasteiger partial charge is 0.489 e. The fraction of sp³-hybridized carbons (Fsp3) is 0.231. The Labute approximate surface area is 206 Å². The molecule has 0 saturated carbocycles. The maximum Gasteiger partial charge on any atom is 0.417 e. The van der Waals surface area contributed by atoms with Crippen LogP contribution in [0.2, 0.25) is 0 Å². The van der Waals surface area contributed by atoms with Gasteiger partial charge in [-0.05, 0) is 41.8 Å². The van der Waals surface area contributed by atoms with Crippen LogP contribution in [0.5, 0.6) is 5.75 Å². The molecule has 0 spiro atoms. The Hall–Kier alpha value is -4.21. The van der Waals surface area contributed by atoms with E-state index in [0.29, 0.717) is 23.6 Å². The van der Waals surface area contributed by atoms with Crippen molar-refractivity contribution < 1.29 is 22.7 Å². The van der Waals surface area contributed by atoms with Crippen LogP contribution in [0.4, 0.5) is 13.2 Å². The summed E-state index contributed by atoms with van der Waals surface area (Å²) >= 11 is 0. The number of carbonyl (C=O) groups is 1. The van der Waals surface area contributed by atoms with Crippen molar-refractivity contribution in [3.8, 4) is 11.6 Å². The third-order valence-electron chi connectivity index (χ3n) is 5.39. The maximum atomic E-state index is 12.9. The van der Waals surface area contributed by atoms with E-state index in [1.54, 1.807) is 12.4 Å². The molecular weight excluding hydrogens is 471 g/mol. The standard InChI is InChI=1S/C26H24F3N5O2/c1-17(2)24-22(15-33-34(24)23-10-7-20(14-31-23)26(27,28)29)25(35)32-13-18-5-8-21(9-6-18)36-16-19-4-3-11-30-12-19/h3-12,14-15,17H,13,16H2,1-2H3,(H,32,35). The predicted octanol–water partition coefficient (Wildman–Crippen LogP) is 5.31. The fourth-order valence-electron chi connectivity index (χ4n) is 3.58. The predicted molar refractivity (Wildman–Crippen MR) is 127 cm³/mol. The molecule has 0 saturated heterocycles. The number of benzene rings is 1. The van der Waals surface area contributed by atoms with Crippen molar-refractivity contribution in [3.05, 3.63) is 101 Å². The number of pyridine rings is 2. The van der Waals surface area contributed by atoms with E-state index < -0.39 is 11.7 Å². The second kappa shape index (κ2) is 10.6. The smallest absolute Gasteiger partial charge is 0.417 e. The molecule has 1 amide bonds. The summed E-state index contributed by atoms with van der Waals surface area (Å²) in [6.45, 7) is 4.43. The topological polar surface area (TPSA) is 81.9 Å². The zero-order valence-electron chi connectivity index (χ0n) is 19.7. The van der Waals surface area contributed by atoms with Gasteiger partial charge in [-0.25, -0.2) is 9.67 Å². The lowest BCUT2D eigenvalue weighted by Gasteiger charge is -2.13. The van der Waals surface area contributed by atoms with Crippen LogP contribution in [-0.2, 0) is 19.3 Å². The summed E-state index contributed by atoms with van der Waals surface area (Å²) in [7, 11) is 0. The van der Waals surface area contributed by atoms with Gasteiger partial charge in [0.15, 0.2) is 5.82 Å². The summed E-state index contributed by atoms with van der Waals surface area (Å²) in [4.78, 5) is 20.9. The quantitative estimate of drug-likeness (QED) is 0.358. The van der Waals surface area contributed by atoms with Crippen molar-refractivity contribution in [2.75, 3.05) is 0 Å². The number of rotatable bonds is 8. The zero-order chi connectivity index (χ0) is 25.7. The monoisotopic (exact) mass is 495 g/mol. The van der Waals surface area contributed by atoms with Gasteiger partial charge < -0.3 is 10.1 Å². The molecular formula is C26H24F3N5O2. The van der Waals surface area contributed by atoms with Crippen molar-refractivity contribution in [1.29, 1.82) is 0 Å². The zero-order valence-corrected chi connectivity index (χ0v) is 19.7. The van der Waals surface area contributed by atoms with Crippen LogP contribution in [0.25, 0.3) is 5.82 Å². The van der Waals surface area contributed by atoms with E-state index in [0.717, 1.165) is 23.4 Å². The number of nitrogens with one attached hydrogen (secondary N) is 1. The summed E-state index contributed by atoms with van der Waals surface area (Å²) in [5, 5.41) is 7.09. The number of amides is 1. The number of nitrogens with zero attached hydrogens (tertiary/aromatic N) is 4. The highest BCUT2D eigenvalue weighted by Crippen LogP contribution is 2.29. The number of ether oxygens (including phenoxy) is 1. The lowest BCUT2D eigenvalue weighted by molar-refractivity contribution is -0.137. The molecule has 4 rings (SSSR count). The lowest BCUT2D eigenvalue weighted by atomic mass is 10.1. The SMILES string of the molecule is CC(C)c1c(C(=O)NCc2ccc(OCc3cccnc3)cc2)cnn1-c1ccc(C(F)(F)F)cn1. The lowest BCUT2D eigenvalue weighted by Crippen LogP contribution is -2.24. The van der Waals surface area contributed by atoms with Crippen molar-refractivity contribution in [3.63, 3.8) is 0 Å². The van der Waals surface area contributed by atoms with Crippen LogP contribution in [0.15, 0.2) is 73.3 Å².